The predicted octanol–water partition coefficient (Wildman–Crippen LogP) is 3.42. The summed E-state index contributed by atoms with van der Waals surface area (Å²) in [5.41, 5.74) is 7.89. The molecule has 0 heterocycles. The summed E-state index contributed by atoms with van der Waals surface area (Å²) >= 11 is 0. The second kappa shape index (κ2) is 8.75. The zero-order valence-electron chi connectivity index (χ0n) is 13.1. The van der Waals surface area contributed by atoms with E-state index in [0.717, 1.165) is 32.2 Å². The van der Waals surface area contributed by atoms with Gasteiger partial charge in [0.2, 0.25) is 5.91 Å². The van der Waals surface area contributed by atoms with Gasteiger partial charge in [0.25, 0.3) is 0 Å². The van der Waals surface area contributed by atoms with E-state index in [9.17, 15) is 4.79 Å². The van der Waals surface area contributed by atoms with Crippen molar-refractivity contribution >= 4 is 5.91 Å². The van der Waals surface area contributed by atoms with Crippen LogP contribution < -0.4 is 5.73 Å². The molecule has 0 aromatic heterocycles. The van der Waals surface area contributed by atoms with Crippen molar-refractivity contribution in [1.29, 1.82) is 0 Å². The largest absolute Gasteiger partial charge is 0.339 e. The maximum Gasteiger partial charge on any atom is 0.222 e. The summed E-state index contributed by atoms with van der Waals surface area (Å²) in [6, 6.07) is 8.52. The average molecular weight is 276 g/mol. The molecule has 0 aliphatic heterocycles. The molecule has 112 valence electrons. The van der Waals surface area contributed by atoms with Gasteiger partial charge in [-0.3, -0.25) is 4.79 Å². The summed E-state index contributed by atoms with van der Waals surface area (Å²) < 4.78 is 0. The number of aryl methyl sites for hydroxylation is 1. The van der Waals surface area contributed by atoms with Gasteiger partial charge in [0.05, 0.1) is 6.04 Å². The molecule has 0 aliphatic carbocycles. The highest BCUT2D eigenvalue weighted by atomic mass is 16.2. The lowest BCUT2D eigenvalue weighted by Crippen LogP contribution is -2.29. The Kier molecular flexibility index (Phi) is 7.31. The molecule has 1 unspecified atom stereocenters. The SMILES string of the molecule is Cc1ccc(C(C)N(C)C(=O)CCCCCCN)cc1. The Labute approximate surface area is 123 Å². The molecule has 0 saturated carbocycles. The highest BCUT2D eigenvalue weighted by Crippen LogP contribution is 2.20. The van der Waals surface area contributed by atoms with Gasteiger partial charge in [-0.05, 0) is 38.8 Å². The van der Waals surface area contributed by atoms with Gasteiger partial charge in [-0.25, -0.2) is 0 Å². The van der Waals surface area contributed by atoms with Crippen molar-refractivity contribution in [1.82, 2.24) is 4.90 Å². The van der Waals surface area contributed by atoms with Crippen LogP contribution in [0.3, 0.4) is 0 Å². The maximum absolute atomic E-state index is 12.2. The molecule has 1 amide bonds. The van der Waals surface area contributed by atoms with Gasteiger partial charge in [-0.2, -0.15) is 0 Å². The molecular weight excluding hydrogens is 248 g/mol. The Bertz CT molecular complexity index is 400. The topological polar surface area (TPSA) is 46.3 Å². The number of nitrogens with two attached hydrogens (primary N) is 1. The summed E-state index contributed by atoms with van der Waals surface area (Å²) in [5.74, 6) is 0.228. The van der Waals surface area contributed by atoms with Crippen molar-refractivity contribution < 1.29 is 4.79 Å². The highest BCUT2D eigenvalue weighted by molar-refractivity contribution is 5.76. The summed E-state index contributed by atoms with van der Waals surface area (Å²) in [6.45, 7) is 4.90. The first-order chi connectivity index (χ1) is 9.56. The molecule has 2 N–H and O–H groups in total. The van der Waals surface area contributed by atoms with E-state index in [1.54, 1.807) is 0 Å². The Morgan fingerprint density at radius 3 is 2.35 bits per heavy atom. The van der Waals surface area contributed by atoms with Gasteiger partial charge in [0, 0.05) is 13.5 Å². The summed E-state index contributed by atoms with van der Waals surface area (Å²) in [4.78, 5) is 14.0. The number of amides is 1. The molecule has 1 aromatic rings. The van der Waals surface area contributed by atoms with Gasteiger partial charge in [0.15, 0.2) is 0 Å². The van der Waals surface area contributed by atoms with Gasteiger partial charge < -0.3 is 10.6 Å². The molecule has 0 fully saturated rings. The molecule has 0 radical (unpaired) electrons. The lowest BCUT2D eigenvalue weighted by atomic mass is 10.0. The van der Waals surface area contributed by atoms with Crippen molar-refractivity contribution in [3.63, 3.8) is 0 Å². The Balaban J connectivity index is 2.41. The number of carbonyl (C=O) groups excluding carboxylic acids is 1. The number of rotatable bonds is 8. The van der Waals surface area contributed by atoms with Gasteiger partial charge in [-0.15, -0.1) is 0 Å². The minimum atomic E-state index is 0.132. The van der Waals surface area contributed by atoms with Crippen LogP contribution in [0.1, 0.15) is 56.2 Å². The van der Waals surface area contributed by atoms with Gasteiger partial charge in [-0.1, -0.05) is 42.7 Å². The number of hydrogen-bond acceptors (Lipinski definition) is 2. The number of carbonyl (C=O) groups is 1. The lowest BCUT2D eigenvalue weighted by molar-refractivity contribution is -0.131. The molecule has 3 heteroatoms. The highest BCUT2D eigenvalue weighted by Gasteiger charge is 2.16. The third-order valence-electron chi connectivity index (χ3n) is 3.88. The Morgan fingerprint density at radius 2 is 1.75 bits per heavy atom. The van der Waals surface area contributed by atoms with Crippen molar-refractivity contribution in [3.8, 4) is 0 Å². The lowest BCUT2D eigenvalue weighted by Gasteiger charge is -2.25. The third kappa shape index (κ3) is 5.33. The van der Waals surface area contributed by atoms with Crippen molar-refractivity contribution in [2.45, 2.75) is 52.0 Å². The molecule has 3 nitrogen and oxygen atoms in total. The molecule has 20 heavy (non-hydrogen) atoms. The smallest absolute Gasteiger partial charge is 0.222 e. The Hall–Kier alpha value is -1.35. The van der Waals surface area contributed by atoms with Crippen LogP contribution in [-0.2, 0) is 4.79 Å². The fourth-order valence-electron chi connectivity index (χ4n) is 2.24. The monoisotopic (exact) mass is 276 g/mol. The van der Waals surface area contributed by atoms with Crippen molar-refractivity contribution in [3.05, 3.63) is 35.4 Å². The molecule has 1 rings (SSSR count). The van der Waals surface area contributed by atoms with E-state index in [-0.39, 0.29) is 11.9 Å². The van der Waals surface area contributed by atoms with E-state index >= 15 is 0 Å². The standard InChI is InChI=1S/C17H28N2O/c1-14-9-11-16(12-10-14)15(2)19(3)17(20)8-6-4-5-7-13-18/h9-12,15H,4-8,13,18H2,1-3H3. The van der Waals surface area contributed by atoms with E-state index < -0.39 is 0 Å². The van der Waals surface area contributed by atoms with Crippen LogP contribution in [0.4, 0.5) is 0 Å². The number of nitrogens with zero attached hydrogens (tertiary/aromatic N) is 1. The van der Waals surface area contributed by atoms with Crippen LogP contribution >= 0.6 is 0 Å². The molecule has 1 aromatic carbocycles. The fourth-order valence-corrected chi connectivity index (χ4v) is 2.24. The van der Waals surface area contributed by atoms with E-state index in [4.69, 9.17) is 5.73 Å². The van der Waals surface area contributed by atoms with Crippen molar-refractivity contribution in [2.24, 2.45) is 5.73 Å². The van der Waals surface area contributed by atoms with Crippen LogP contribution in [-0.4, -0.2) is 24.4 Å². The summed E-state index contributed by atoms with van der Waals surface area (Å²) in [5, 5.41) is 0. The fraction of sp³-hybridized carbons (Fsp3) is 0.588. The zero-order valence-corrected chi connectivity index (χ0v) is 13.1. The van der Waals surface area contributed by atoms with Crippen LogP contribution in [0.15, 0.2) is 24.3 Å². The van der Waals surface area contributed by atoms with Gasteiger partial charge in [0.1, 0.15) is 0 Å². The second-order valence-electron chi connectivity index (χ2n) is 5.54. The summed E-state index contributed by atoms with van der Waals surface area (Å²) in [7, 11) is 1.90. The minimum Gasteiger partial charge on any atom is -0.339 e. The van der Waals surface area contributed by atoms with E-state index in [0.29, 0.717) is 6.42 Å². The van der Waals surface area contributed by atoms with Crippen LogP contribution in [0.25, 0.3) is 0 Å². The molecular formula is C17H28N2O. The van der Waals surface area contributed by atoms with E-state index in [1.165, 1.54) is 11.1 Å². The first kappa shape index (κ1) is 16.7. The molecule has 0 spiro atoms. The minimum absolute atomic E-state index is 0.132. The molecule has 0 bridgehead atoms. The Morgan fingerprint density at radius 1 is 1.15 bits per heavy atom. The first-order valence-corrected chi connectivity index (χ1v) is 7.58. The van der Waals surface area contributed by atoms with Crippen molar-refractivity contribution in [2.75, 3.05) is 13.6 Å². The predicted molar refractivity (Wildman–Crippen MR) is 84.5 cm³/mol. The molecule has 0 saturated heterocycles. The van der Waals surface area contributed by atoms with Crippen LogP contribution in [0.5, 0.6) is 0 Å². The van der Waals surface area contributed by atoms with E-state index in [2.05, 4.69) is 38.1 Å². The van der Waals surface area contributed by atoms with E-state index in [1.807, 2.05) is 11.9 Å². The molecule has 1 atom stereocenters. The first-order valence-electron chi connectivity index (χ1n) is 7.58. The third-order valence-corrected chi connectivity index (χ3v) is 3.88. The number of unbranched alkanes of at least 4 members (excludes halogenated alkanes) is 3. The normalized spacial score (nSPS) is 12.2. The van der Waals surface area contributed by atoms with Crippen LogP contribution in [0.2, 0.25) is 0 Å². The second-order valence-corrected chi connectivity index (χ2v) is 5.54. The zero-order chi connectivity index (χ0) is 15.0. The quantitative estimate of drug-likeness (QED) is 0.739. The number of benzene rings is 1. The van der Waals surface area contributed by atoms with Crippen LogP contribution in [0, 0.1) is 6.92 Å². The number of hydrogen-bond donors (Lipinski definition) is 1. The molecule has 0 aliphatic rings. The van der Waals surface area contributed by atoms with Gasteiger partial charge >= 0.3 is 0 Å². The average Bonchev–Trinajstić information content (AvgIpc) is 2.46. The summed E-state index contributed by atoms with van der Waals surface area (Å²) in [6.07, 6.45) is 4.88. The maximum atomic E-state index is 12.2.